The number of anilines is 1. The summed E-state index contributed by atoms with van der Waals surface area (Å²) in [6.45, 7) is 4.27. The summed E-state index contributed by atoms with van der Waals surface area (Å²) in [4.78, 5) is 37.4. The monoisotopic (exact) mass is 386 g/mol. The summed E-state index contributed by atoms with van der Waals surface area (Å²) < 4.78 is 0. The number of hydrogen-bond donors (Lipinski definition) is 2. The van der Waals surface area contributed by atoms with E-state index in [0.29, 0.717) is 23.4 Å². The van der Waals surface area contributed by atoms with Crippen molar-refractivity contribution in [1.82, 2.24) is 5.32 Å². The topological polar surface area (TPSA) is 75.3 Å². The average Bonchev–Trinajstić information content (AvgIpc) is 2.73. The SMILES string of the molecule is Cc1ccc(CNC(=O)c2ccccc2NC(=O)C(=O)c2ccc(C)cc2)cc1. The van der Waals surface area contributed by atoms with Crippen LogP contribution in [0.1, 0.15) is 37.4 Å². The Hall–Kier alpha value is -3.73. The van der Waals surface area contributed by atoms with E-state index in [2.05, 4.69) is 10.6 Å². The molecule has 0 aliphatic heterocycles. The van der Waals surface area contributed by atoms with Gasteiger partial charge in [0.1, 0.15) is 0 Å². The van der Waals surface area contributed by atoms with Gasteiger partial charge >= 0.3 is 0 Å². The van der Waals surface area contributed by atoms with Crippen LogP contribution in [0.15, 0.2) is 72.8 Å². The summed E-state index contributed by atoms with van der Waals surface area (Å²) in [5, 5.41) is 5.40. The Labute approximate surface area is 169 Å². The zero-order chi connectivity index (χ0) is 20.8. The number of amides is 2. The zero-order valence-electron chi connectivity index (χ0n) is 16.4. The van der Waals surface area contributed by atoms with Crippen molar-refractivity contribution in [2.24, 2.45) is 0 Å². The lowest BCUT2D eigenvalue weighted by Gasteiger charge is -2.11. The number of aryl methyl sites for hydroxylation is 2. The number of nitrogens with one attached hydrogen (secondary N) is 2. The van der Waals surface area contributed by atoms with Crippen LogP contribution in [0.3, 0.4) is 0 Å². The van der Waals surface area contributed by atoms with Crippen molar-refractivity contribution in [2.45, 2.75) is 20.4 Å². The summed E-state index contributed by atoms with van der Waals surface area (Å²) >= 11 is 0. The molecule has 3 aromatic carbocycles. The van der Waals surface area contributed by atoms with Gasteiger partial charge in [0.2, 0.25) is 0 Å². The summed E-state index contributed by atoms with van der Waals surface area (Å²) in [6.07, 6.45) is 0. The summed E-state index contributed by atoms with van der Waals surface area (Å²) in [5.41, 5.74) is 4.00. The van der Waals surface area contributed by atoms with Crippen molar-refractivity contribution in [3.8, 4) is 0 Å². The number of ketones is 1. The highest BCUT2D eigenvalue weighted by Crippen LogP contribution is 2.16. The molecule has 0 saturated heterocycles. The fourth-order valence-corrected chi connectivity index (χ4v) is 2.79. The lowest BCUT2D eigenvalue weighted by atomic mass is 10.1. The molecule has 0 aliphatic rings. The molecule has 146 valence electrons. The maximum atomic E-state index is 12.6. The standard InChI is InChI=1S/C24H22N2O3/c1-16-7-11-18(12-8-16)15-25-23(28)20-5-3-4-6-21(20)26-24(29)22(27)19-13-9-17(2)10-14-19/h3-14H,15H2,1-2H3,(H,25,28)(H,26,29). The molecule has 0 saturated carbocycles. The van der Waals surface area contributed by atoms with Crippen LogP contribution in [0, 0.1) is 13.8 Å². The molecule has 3 rings (SSSR count). The van der Waals surface area contributed by atoms with Gasteiger partial charge in [0.15, 0.2) is 0 Å². The first-order valence-electron chi connectivity index (χ1n) is 9.29. The third-order valence-corrected chi connectivity index (χ3v) is 4.51. The summed E-state index contributed by atoms with van der Waals surface area (Å²) in [6, 6.07) is 21.2. The Morgan fingerprint density at radius 3 is 2.00 bits per heavy atom. The van der Waals surface area contributed by atoms with Gasteiger partial charge in [0, 0.05) is 12.1 Å². The minimum Gasteiger partial charge on any atom is -0.348 e. The third-order valence-electron chi connectivity index (χ3n) is 4.51. The van der Waals surface area contributed by atoms with Crippen LogP contribution in [0.25, 0.3) is 0 Å². The first kappa shape index (κ1) is 20.0. The molecule has 0 fully saturated rings. The Bertz CT molecular complexity index is 1040. The minimum absolute atomic E-state index is 0.291. The Morgan fingerprint density at radius 1 is 0.759 bits per heavy atom. The Morgan fingerprint density at radius 2 is 1.34 bits per heavy atom. The number of Topliss-reactive ketones (excluding diaryl/α,β-unsaturated/α-hetero) is 1. The molecule has 2 N–H and O–H groups in total. The van der Waals surface area contributed by atoms with Crippen LogP contribution in [0.4, 0.5) is 5.69 Å². The Balaban J connectivity index is 1.70. The number of benzene rings is 3. The minimum atomic E-state index is -0.785. The number of rotatable bonds is 6. The predicted octanol–water partition coefficient (Wildman–Crippen LogP) is 4.05. The van der Waals surface area contributed by atoms with Crippen LogP contribution < -0.4 is 10.6 Å². The van der Waals surface area contributed by atoms with Gasteiger partial charge in [-0.25, -0.2) is 0 Å². The normalized spacial score (nSPS) is 10.3. The molecule has 0 heterocycles. The molecule has 0 aromatic heterocycles. The van der Waals surface area contributed by atoms with E-state index in [-0.39, 0.29) is 5.91 Å². The fraction of sp³-hybridized carbons (Fsp3) is 0.125. The summed E-state index contributed by atoms with van der Waals surface area (Å²) in [7, 11) is 0. The molecular weight excluding hydrogens is 364 g/mol. The second-order valence-electron chi connectivity index (χ2n) is 6.86. The molecule has 0 radical (unpaired) electrons. The molecule has 0 spiro atoms. The number of carbonyl (C=O) groups is 3. The highest BCUT2D eigenvalue weighted by Gasteiger charge is 2.19. The smallest absolute Gasteiger partial charge is 0.296 e. The maximum absolute atomic E-state index is 12.6. The highest BCUT2D eigenvalue weighted by molar-refractivity contribution is 6.46. The molecule has 3 aromatic rings. The van der Waals surface area contributed by atoms with Gasteiger partial charge in [-0.15, -0.1) is 0 Å². The molecular formula is C24H22N2O3. The molecule has 0 bridgehead atoms. The van der Waals surface area contributed by atoms with E-state index in [1.54, 1.807) is 48.5 Å². The van der Waals surface area contributed by atoms with Gasteiger partial charge < -0.3 is 10.6 Å². The van der Waals surface area contributed by atoms with E-state index in [9.17, 15) is 14.4 Å². The van der Waals surface area contributed by atoms with E-state index < -0.39 is 11.7 Å². The molecule has 5 nitrogen and oxygen atoms in total. The van der Waals surface area contributed by atoms with Gasteiger partial charge in [-0.1, -0.05) is 71.8 Å². The molecule has 5 heteroatoms. The van der Waals surface area contributed by atoms with Crippen molar-refractivity contribution in [2.75, 3.05) is 5.32 Å². The van der Waals surface area contributed by atoms with Crippen molar-refractivity contribution in [3.63, 3.8) is 0 Å². The van der Waals surface area contributed by atoms with E-state index >= 15 is 0 Å². The van der Waals surface area contributed by atoms with Gasteiger partial charge in [0.25, 0.3) is 17.6 Å². The zero-order valence-corrected chi connectivity index (χ0v) is 16.4. The highest BCUT2D eigenvalue weighted by atomic mass is 16.2. The van der Waals surface area contributed by atoms with Crippen molar-refractivity contribution < 1.29 is 14.4 Å². The van der Waals surface area contributed by atoms with Crippen molar-refractivity contribution >= 4 is 23.3 Å². The molecule has 0 atom stereocenters. The largest absolute Gasteiger partial charge is 0.348 e. The van der Waals surface area contributed by atoms with Crippen LogP contribution in [0.5, 0.6) is 0 Å². The average molecular weight is 386 g/mol. The molecule has 29 heavy (non-hydrogen) atoms. The summed E-state index contributed by atoms with van der Waals surface area (Å²) in [5.74, 6) is -1.77. The quantitative estimate of drug-likeness (QED) is 0.496. The van der Waals surface area contributed by atoms with Gasteiger partial charge in [-0.2, -0.15) is 0 Å². The predicted molar refractivity (Wildman–Crippen MR) is 113 cm³/mol. The van der Waals surface area contributed by atoms with E-state index in [1.807, 2.05) is 38.1 Å². The Kier molecular flexibility index (Phi) is 6.19. The second-order valence-corrected chi connectivity index (χ2v) is 6.86. The van der Waals surface area contributed by atoms with Crippen LogP contribution >= 0.6 is 0 Å². The van der Waals surface area contributed by atoms with E-state index in [1.165, 1.54) is 0 Å². The van der Waals surface area contributed by atoms with Gasteiger partial charge in [-0.3, -0.25) is 14.4 Å². The fourth-order valence-electron chi connectivity index (χ4n) is 2.79. The lowest BCUT2D eigenvalue weighted by molar-refractivity contribution is -0.112. The third kappa shape index (κ3) is 5.17. The molecule has 0 unspecified atom stereocenters. The van der Waals surface area contributed by atoms with Crippen molar-refractivity contribution in [3.05, 3.63) is 101 Å². The maximum Gasteiger partial charge on any atom is 0.296 e. The lowest BCUT2D eigenvalue weighted by Crippen LogP contribution is -2.27. The first-order valence-corrected chi connectivity index (χ1v) is 9.29. The van der Waals surface area contributed by atoms with E-state index in [4.69, 9.17) is 0 Å². The molecule has 0 aliphatic carbocycles. The van der Waals surface area contributed by atoms with Gasteiger partial charge in [0.05, 0.1) is 11.3 Å². The number of carbonyl (C=O) groups excluding carboxylic acids is 3. The van der Waals surface area contributed by atoms with Gasteiger partial charge in [-0.05, 0) is 31.5 Å². The first-order chi connectivity index (χ1) is 13.9. The van der Waals surface area contributed by atoms with Crippen LogP contribution in [-0.4, -0.2) is 17.6 Å². The number of para-hydroxylation sites is 1. The van der Waals surface area contributed by atoms with Crippen LogP contribution in [0.2, 0.25) is 0 Å². The van der Waals surface area contributed by atoms with Crippen molar-refractivity contribution in [1.29, 1.82) is 0 Å². The van der Waals surface area contributed by atoms with E-state index in [0.717, 1.165) is 16.7 Å². The second kappa shape index (κ2) is 8.97. The number of hydrogen-bond acceptors (Lipinski definition) is 3. The van der Waals surface area contributed by atoms with Crippen LogP contribution in [-0.2, 0) is 11.3 Å². The molecule has 2 amide bonds.